The molecule has 2 heterocycles. The second-order valence-corrected chi connectivity index (χ2v) is 4.97. The highest BCUT2D eigenvalue weighted by atomic mass is 35.5. The maximum atomic E-state index is 11.3. The summed E-state index contributed by atoms with van der Waals surface area (Å²) < 4.78 is 1.36. The summed E-state index contributed by atoms with van der Waals surface area (Å²) in [4.78, 5) is 15.4. The molecule has 0 saturated carbocycles. The number of carboxylic acids is 1. The van der Waals surface area contributed by atoms with E-state index in [4.69, 9.17) is 11.6 Å². The van der Waals surface area contributed by atoms with Crippen molar-refractivity contribution in [3.05, 3.63) is 40.8 Å². The summed E-state index contributed by atoms with van der Waals surface area (Å²) >= 11 is 6.12. The number of rotatable bonds is 4. The van der Waals surface area contributed by atoms with Gasteiger partial charge < -0.3 is 5.11 Å². The number of hydrogen-bond acceptors (Lipinski definition) is 3. The lowest BCUT2D eigenvalue weighted by Crippen LogP contribution is -2.03. The fourth-order valence-corrected chi connectivity index (χ4v) is 2.13. The molecule has 2 aromatic rings. The molecule has 5 nitrogen and oxygen atoms in total. The van der Waals surface area contributed by atoms with Crippen molar-refractivity contribution in [1.82, 2.24) is 14.8 Å². The zero-order valence-electron chi connectivity index (χ0n) is 10.7. The van der Waals surface area contributed by atoms with Gasteiger partial charge in [-0.2, -0.15) is 5.10 Å². The van der Waals surface area contributed by atoms with E-state index in [1.165, 1.54) is 4.68 Å². The molecular formula is C13H14ClN3O2. The summed E-state index contributed by atoms with van der Waals surface area (Å²) in [5, 5.41) is 13.6. The Kier molecular flexibility index (Phi) is 3.85. The highest BCUT2D eigenvalue weighted by Gasteiger charge is 2.23. The lowest BCUT2D eigenvalue weighted by atomic mass is 10.1. The van der Waals surface area contributed by atoms with Crippen LogP contribution in [0.3, 0.4) is 0 Å². The molecule has 0 amide bonds. The van der Waals surface area contributed by atoms with Crippen molar-refractivity contribution in [2.75, 3.05) is 0 Å². The molecule has 0 atom stereocenters. The quantitative estimate of drug-likeness (QED) is 0.934. The third-order valence-electron chi connectivity index (χ3n) is 2.58. The van der Waals surface area contributed by atoms with Crippen LogP contribution in [0.25, 0.3) is 5.82 Å². The molecule has 0 radical (unpaired) electrons. The Morgan fingerprint density at radius 3 is 2.74 bits per heavy atom. The number of nitrogens with zero attached hydrogens (tertiary/aromatic N) is 3. The normalized spacial score (nSPS) is 10.9. The van der Waals surface area contributed by atoms with E-state index in [9.17, 15) is 9.90 Å². The summed E-state index contributed by atoms with van der Waals surface area (Å²) in [6, 6.07) is 5.29. The predicted molar refractivity (Wildman–Crippen MR) is 71.9 cm³/mol. The Morgan fingerprint density at radius 1 is 1.47 bits per heavy atom. The molecular weight excluding hydrogens is 266 g/mol. The summed E-state index contributed by atoms with van der Waals surface area (Å²) in [5.74, 6) is -0.269. The monoisotopic (exact) mass is 279 g/mol. The summed E-state index contributed by atoms with van der Waals surface area (Å²) in [6.45, 7) is 4.00. The van der Waals surface area contributed by atoms with E-state index >= 15 is 0 Å². The van der Waals surface area contributed by atoms with Crippen LogP contribution in [-0.2, 0) is 6.42 Å². The number of pyridine rings is 1. The first kappa shape index (κ1) is 13.5. The van der Waals surface area contributed by atoms with Crippen molar-refractivity contribution >= 4 is 17.6 Å². The molecule has 0 saturated heterocycles. The molecule has 0 spiro atoms. The smallest absolute Gasteiger partial charge is 0.340 e. The number of halogens is 1. The molecule has 0 aliphatic rings. The Bertz CT molecular complexity index is 593. The minimum atomic E-state index is -1.07. The molecule has 0 unspecified atom stereocenters. The van der Waals surface area contributed by atoms with Crippen LogP contribution in [-0.4, -0.2) is 25.8 Å². The maximum Gasteiger partial charge on any atom is 0.340 e. The lowest BCUT2D eigenvalue weighted by Gasteiger charge is -2.01. The number of hydrogen-bond donors (Lipinski definition) is 1. The van der Waals surface area contributed by atoms with E-state index in [-0.39, 0.29) is 10.7 Å². The average Bonchev–Trinajstić information content (AvgIpc) is 2.66. The molecule has 0 bridgehead atoms. The standard InChI is InChI=1S/C13H14ClN3O2/c1-8(2)7-9-11(13(18)19)12(14)17(16-9)10-5-3-4-6-15-10/h3-6,8H,7H2,1-2H3,(H,18,19). The molecule has 0 aliphatic heterocycles. The molecule has 0 aromatic carbocycles. The Balaban J connectivity index is 2.55. The Hall–Kier alpha value is -1.88. The molecule has 100 valence electrons. The van der Waals surface area contributed by atoms with Crippen molar-refractivity contribution in [2.24, 2.45) is 5.92 Å². The molecule has 19 heavy (non-hydrogen) atoms. The summed E-state index contributed by atoms with van der Waals surface area (Å²) in [6.07, 6.45) is 2.16. The van der Waals surface area contributed by atoms with E-state index < -0.39 is 5.97 Å². The van der Waals surface area contributed by atoms with Crippen LogP contribution in [0, 0.1) is 5.92 Å². The van der Waals surface area contributed by atoms with Crippen molar-refractivity contribution in [3.8, 4) is 5.82 Å². The number of aromatic nitrogens is 3. The third kappa shape index (κ3) is 2.76. The van der Waals surface area contributed by atoms with Crippen LogP contribution in [0.5, 0.6) is 0 Å². The highest BCUT2D eigenvalue weighted by Crippen LogP contribution is 2.24. The van der Waals surface area contributed by atoms with Gasteiger partial charge in [0.05, 0.1) is 5.69 Å². The molecule has 6 heteroatoms. The van der Waals surface area contributed by atoms with Crippen molar-refractivity contribution in [3.63, 3.8) is 0 Å². The minimum absolute atomic E-state index is 0.0565. The van der Waals surface area contributed by atoms with Crippen molar-refractivity contribution in [1.29, 1.82) is 0 Å². The van der Waals surface area contributed by atoms with Crippen LogP contribution in [0.2, 0.25) is 5.15 Å². The first-order valence-electron chi connectivity index (χ1n) is 5.92. The van der Waals surface area contributed by atoms with E-state index in [1.54, 1.807) is 24.4 Å². The summed E-state index contributed by atoms with van der Waals surface area (Å²) in [5.41, 5.74) is 0.541. The molecule has 2 rings (SSSR count). The van der Waals surface area contributed by atoms with Gasteiger partial charge in [0, 0.05) is 6.20 Å². The van der Waals surface area contributed by atoms with Gasteiger partial charge in [0.2, 0.25) is 0 Å². The zero-order valence-corrected chi connectivity index (χ0v) is 11.4. The van der Waals surface area contributed by atoms with Gasteiger partial charge in [-0.25, -0.2) is 14.5 Å². The first-order chi connectivity index (χ1) is 9.00. The van der Waals surface area contributed by atoms with Crippen LogP contribution >= 0.6 is 11.6 Å². The van der Waals surface area contributed by atoms with Gasteiger partial charge in [-0.05, 0) is 24.5 Å². The molecule has 0 fully saturated rings. The number of carboxylic acid groups (broad SMARTS) is 1. The number of aromatic carboxylic acids is 1. The van der Waals surface area contributed by atoms with E-state index in [0.29, 0.717) is 23.9 Å². The Labute approximate surface area is 115 Å². The van der Waals surface area contributed by atoms with Crippen LogP contribution in [0.4, 0.5) is 0 Å². The van der Waals surface area contributed by atoms with Crippen molar-refractivity contribution < 1.29 is 9.90 Å². The average molecular weight is 280 g/mol. The zero-order chi connectivity index (χ0) is 14.0. The minimum Gasteiger partial charge on any atom is -0.478 e. The summed E-state index contributed by atoms with van der Waals surface area (Å²) in [7, 11) is 0. The molecule has 1 N–H and O–H groups in total. The first-order valence-corrected chi connectivity index (χ1v) is 6.30. The molecule has 2 aromatic heterocycles. The molecule has 0 aliphatic carbocycles. The van der Waals surface area contributed by atoms with Gasteiger partial charge in [-0.15, -0.1) is 0 Å². The fraction of sp³-hybridized carbons (Fsp3) is 0.308. The Morgan fingerprint density at radius 2 is 2.21 bits per heavy atom. The SMILES string of the molecule is CC(C)Cc1nn(-c2ccccn2)c(Cl)c1C(=O)O. The van der Waals surface area contributed by atoms with Gasteiger partial charge in [-0.3, -0.25) is 0 Å². The highest BCUT2D eigenvalue weighted by molar-refractivity contribution is 6.32. The van der Waals surface area contributed by atoms with Crippen LogP contribution in [0.1, 0.15) is 29.9 Å². The largest absolute Gasteiger partial charge is 0.478 e. The van der Waals surface area contributed by atoms with Gasteiger partial charge in [0.1, 0.15) is 10.7 Å². The predicted octanol–water partition coefficient (Wildman–Crippen LogP) is 2.82. The van der Waals surface area contributed by atoms with Gasteiger partial charge in [-0.1, -0.05) is 31.5 Å². The van der Waals surface area contributed by atoms with E-state index in [2.05, 4.69) is 10.1 Å². The fourth-order valence-electron chi connectivity index (χ4n) is 1.81. The van der Waals surface area contributed by atoms with Crippen LogP contribution in [0.15, 0.2) is 24.4 Å². The second-order valence-electron chi connectivity index (χ2n) is 4.62. The topological polar surface area (TPSA) is 68.0 Å². The van der Waals surface area contributed by atoms with Gasteiger partial charge in [0.25, 0.3) is 0 Å². The number of carbonyl (C=O) groups is 1. The third-order valence-corrected chi connectivity index (χ3v) is 2.93. The van der Waals surface area contributed by atoms with E-state index in [0.717, 1.165) is 0 Å². The van der Waals surface area contributed by atoms with Crippen LogP contribution < -0.4 is 0 Å². The second kappa shape index (κ2) is 5.40. The maximum absolute atomic E-state index is 11.3. The van der Waals surface area contributed by atoms with Gasteiger partial charge >= 0.3 is 5.97 Å². The lowest BCUT2D eigenvalue weighted by molar-refractivity contribution is 0.0696. The van der Waals surface area contributed by atoms with E-state index in [1.807, 2.05) is 13.8 Å². The van der Waals surface area contributed by atoms with Crippen molar-refractivity contribution in [2.45, 2.75) is 20.3 Å². The van der Waals surface area contributed by atoms with Gasteiger partial charge in [0.15, 0.2) is 5.82 Å².